The number of para-hydroxylation sites is 1. The molecule has 0 spiro atoms. The molecule has 7 heteroatoms. The molecular formula is C19H18FN3O3. The smallest absolute Gasteiger partial charge is 0.314 e. The van der Waals surface area contributed by atoms with Gasteiger partial charge in [-0.05, 0) is 43.2 Å². The molecular weight excluding hydrogens is 337 g/mol. The summed E-state index contributed by atoms with van der Waals surface area (Å²) >= 11 is 0. The van der Waals surface area contributed by atoms with Crippen LogP contribution in [0.15, 0.2) is 42.5 Å². The summed E-state index contributed by atoms with van der Waals surface area (Å²) in [6.07, 6.45) is 1.29. The number of benzene rings is 2. The van der Waals surface area contributed by atoms with Gasteiger partial charge in [0.05, 0.1) is 5.69 Å². The molecule has 3 rings (SSSR count). The van der Waals surface area contributed by atoms with Crippen molar-refractivity contribution < 1.29 is 18.8 Å². The molecule has 0 aromatic heterocycles. The van der Waals surface area contributed by atoms with Crippen molar-refractivity contribution in [2.75, 3.05) is 22.1 Å². The first-order chi connectivity index (χ1) is 12.5. The lowest BCUT2D eigenvalue weighted by Crippen LogP contribution is -2.29. The predicted octanol–water partition coefficient (Wildman–Crippen LogP) is 2.84. The predicted molar refractivity (Wildman–Crippen MR) is 96.4 cm³/mol. The number of carbonyl (C=O) groups excluding carboxylic acids is 3. The van der Waals surface area contributed by atoms with E-state index >= 15 is 0 Å². The van der Waals surface area contributed by atoms with Gasteiger partial charge in [-0.15, -0.1) is 0 Å². The van der Waals surface area contributed by atoms with Crippen LogP contribution in [0.1, 0.15) is 18.4 Å². The minimum absolute atomic E-state index is 0.0360. The molecule has 1 saturated heterocycles. The quantitative estimate of drug-likeness (QED) is 0.831. The second kappa shape index (κ2) is 7.35. The van der Waals surface area contributed by atoms with Gasteiger partial charge in [0.1, 0.15) is 5.82 Å². The largest absolute Gasteiger partial charge is 0.318 e. The number of rotatable bonds is 3. The van der Waals surface area contributed by atoms with E-state index < -0.39 is 17.6 Å². The van der Waals surface area contributed by atoms with E-state index in [0.717, 1.165) is 12.0 Å². The zero-order chi connectivity index (χ0) is 18.7. The Kier molecular flexibility index (Phi) is 4.97. The van der Waals surface area contributed by atoms with Crippen molar-refractivity contribution in [1.29, 1.82) is 0 Å². The second-order valence-corrected chi connectivity index (χ2v) is 6.04. The first-order valence-corrected chi connectivity index (χ1v) is 8.23. The Hall–Kier alpha value is -3.22. The number of anilines is 3. The van der Waals surface area contributed by atoms with Crippen molar-refractivity contribution in [3.8, 4) is 0 Å². The number of hydrogen-bond donors (Lipinski definition) is 2. The Morgan fingerprint density at radius 1 is 1.08 bits per heavy atom. The summed E-state index contributed by atoms with van der Waals surface area (Å²) in [7, 11) is 0. The number of carbonyl (C=O) groups is 3. The van der Waals surface area contributed by atoms with Crippen LogP contribution in [0.5, 0.6) is 0 Å². The Labute approximate surface area is 150 Å². The summed E-state index contributed by atoms with van der Waals surface area (Å²) in [6, 6.07) is 10.7. The Morgan fingerprint density at radius 2 is 1.81 bits per heavy atom. The van der Waals surface area contributed by atoms with E-state index in [9.17, 15) is 18.8 Å². The molecule has 1 aliphatic rings. The molecule has 0 unspecified atom stereocenters. The lowest BCUT2D eigenvalue weighted by Gasteiger charge is -2.19. The molecule has 2 N–H and O–H groups in total. The zero-order valence-corrected chi connectivity index (χ0v) is 14.2. The molecule has 0 atom stereocenters. The van der Waals surface area contributed by atoms with Crippen LogP contribution in [0.3, 0.4) is 0 Å². The Bertz CT molecular complexity index is 882. The van der Waals surface area contributed by atoms with E-state index in [1.807, 2.05) is 6.92 Å². The van der Waals surface area contributed by atoms with Gasteiger partial charge < -0.3 is 15.5 Å². The van der Waals surface area contributed by atoms with Crippen molar-refractivity contribution >= 4 is 34.8 Å². The van der Waals surface area contributed by atoms with Crippen LogP contribution in [0.2, 0.25) is 0 Å². The molecule has 6 nitrogen and oxygen atoms in total. The van der Waals surface area contributed by atoms with Gasteiger partial charge in [0.25, 0.3) is 0 Å². The SMILES string of the molecule is Cc1ccc(NC(=O)C(=O)Nc2ccccc2F)cc1N1CCCC1=O. The van der Waals surface area contributed by atoms with E-state index in [1.165, 1.54) is 18.2 Å². The highest BCUT2D eigenvalue weighted by Crippen LogP contribution is 2.28. The minimum Gasteiger partial charge on any atom is -0.318 e. The molecule has 2 aromatic rings. The zero-order valence-electron chi connectivity index (χ0n) is 14.2. The van der Waals surface area contributed by atoms with Crippen LogP contribution in [0.25, 0.3) is 0 Å². The summed E-state index contributed by atoms with van der Waals surface area (Å²) in [6.45, 7) is 2.50. The van der Waals surface area contributed by atoms with Gasteiger partial charge in [-0.25, -0.2) is 4.39 Å². The van der Waals surface area contributed by atoms with E-state index in [4.69, 9.17) is 0 Å². The fraction of sp³-hybridized carbons (Fsp3) is 0.211. The van der Waals surface area contributed by atoms with Crippen molar-refractivity contribution in [3.63, 3.8) is 0 Å². The van der Waals surface area contributed by atoms with Gasteiger partial charge in [-0.2, -0.15) is 0 Å². The molecule has 1 aliphatic heterocycles. The van der Waals surface area contributed by atoms with Crippen molar-refractivity contribution in [3.05, 3.63) is 53.8 Å². The fourth-order valence-corrected chi connectivity index (χ4v) is 2.81. The third kappa shape index (κ3) is 3.72. The lowest BCUT2D eigenvalue weighted by molar-refractivity contribution is -0.133. The standard InChI is InChI=1S/C19H18FN3O3/c1-12-8-9-13(11-16(12)23-10-4-7-17(23)24)21-18(25)19(26)22-15-6-3-2-5-14(15)20/h2-3,5-6,8-9,11H,4,7,10H2,1H3,(H,21,25)(H,22,26). The second-order valence-electron chi connectivity index (χ2n) is 6.04. The third-order valence-electron chi connectivity index (χ3n) is 4.16. The van der Waals surface area contributed by atoms with Crippen molar-refractivity contribution in [2.45, 2.75) is 19.8 Å². The maximum absolute atomic E-state index is 13.6. The van der Waals surface area contributed by atoms with Gasteiger partial charge >= 0.3 is 11.8 Å². The summed E-state index contributed by atoms with van der Waals surface area (Å²) in [5, 5.41) is 4.70. The number of halogens is 1. The van der Waals surface area contributed by atoms with Crippen molar-refractivity contribution in [1.82, 2.24) is 0 Å². The van der Waals surface area contributed by atoms with Crippen LogP contribution < -0.4 is 15.5 Å². The Balaban J connectivity index is 1.72. The van der Waals surface area contributed by atoms with Gasteiger partial charge in [0.2, 0.25) is 5.91 Å². The molecule has 0 radical (unpaired) electrons. The van der Waals surface area contributed by atoms with Gasteiger partial charge in [-0.1, -0.05) is 18.2 Å². The topological polar surface area (TPSA) is 78.5 Å². The average molecular weight is 355 g/mol. The number of nitrogens with zero attached hydrogens (tertiary/aromatic N) is 1. The average Bonchev–Trinajstić information content (AvgIpc) is 3.04. The molecule has 3 amide bonds. The number of aryl methyl sites for hydroxylation is 1. The van der Waals surface area contributed by atoms with Crippen LogP contribution in [0, 0.1) is 12.7 Å². The summed E-state index contributed by atoms with van der Waals surface area (Å²) in [4.78, 5) is 37.7. The van der Waals surface area contributed by atoms with Crippen LogP contribution in [-0.2, 0) is 14.4 Å². The van der Waals surface area contributed by atoms with Gasteiger partial charge in [-0.3, -0.25) is 14.4 Å². The normalized spacial score (nSPS) is 13.6. The highest BCUT2D eigenvalue weighted by atomic mass is 19.1. The Morgan fingerprint density at radius 3 is 2.50 bits per heavy atom. The molecule has 0 bridgehead atoms. The lowest BCUT2D eigenvalue weighted by atomic mass is 10.1. The summed E-state index contributed by atoms with van der Waals surface area (Å²) < 4.78 is 13.6. The molecule has 26 heavy (non-hydrogen) atoms. The number of hydrogen-bond acceptors (Lipinski definition) is 3. The highest BCUT2D eigenvalue weighted by molar-refractivity contribution is 6.43. The maximum atomic E-state index is 13.6. The molecule has 0 aliphatic carbocycles. The van der Waals surface area contributed by atoms with Gasteiger partial charge in [0.15, 0.2) is 0 Å². The monoisotopic (exact) mass is 355 g/mol. The summed E-state index contributed by atoms with van der Waals surface area (Å²) in [5.41, 5.74) is 1.92. The van der Waals surface area contributed by atoms with E-state index in [0.29, 0.717) is 24.3 Å². The first-order valence-electron chi connectivity index (χ1n) is 8.23. The minimum atomic E-state index is -0.977. The van der Waals surface area contributed by atoms with Crippen LogP contribution >= 0.6 is 0 Å². The molecule has 134 valence electrons. The summed E-state index contributed by atoms with van der Waals surface area (Å²) in [5.74, 6) is -2.49. The van der Waals surface area contributed by atoms with Crippen LogP contribution in [0.4, 0.5) is 21.5 Å². The maximum Gasteiger partial charge on any atom is 0.314 e. The number of amides is 3. The fourth-order valence-electron chi connectivity index (χ4n) is 2.81. The third-order valence-corrected chi connectivity index (χ3v) is 4.16. The molecule has 1 fully saturated rings. The molecule has 2 aromatic carbocycles. The van der Waals surface area contributed by atoms with Crippen molar-refractivity contribution in [2.24, 2.45) is 0 Å². The van der Waals surface area contributed by atoms with E-state index in [1.54, 1.807) is 29.2 Å². The number of nitrogens with one attached hydrogen (secondary N) is 2. The highest BCUT2D eigenvalue weighted by Gasteiger charge is 2.24. The van der Waals surface area contributed by atoms with Gasteiger partial charge in [0, 0.05) is 24.3 Å². The molecule has 0 saturated carbocycles. The van der Waals surface area contributed by atoms with E-state index in [-0.39, 0.29) is 11.6 Å². The van der Waals surface area contributed by atoms with E-state index in [2.05, 4.69) is 10.6 Å². The van der Waals surface area contributed by atoms with Crippen LogP contribution in [-0.4, -0.2) is 24.3 Å². The first kappa shape index (κ1) is 17.6. The molecule has 1 heterocycles.